The van der Waals surface area contributed by atoms with Gasteiger partial charge in [-0.1, -0.05) is 24.3 Å². The minimum Gasteiger partial charge on any atom is -0.348 e. The van der Waals surface area contributed by atoms with Gasteiger partial charge in [-0.25, -0.2) is 9.97 Å². The van der Waals surface area contributed by atoms with Gasteiger partial charge in [-0.05, 0) is 30.5 Å². The first kappa shape index (κ1) is 12.5. The molecule has 4 heteroatoms. The molecule has 0 saturated heterocycles. The molecule has 94 valence electrons. The quantitative estimate of drug-likeness (QED) is 0.864. The van der Waals surface area contributed by atoms with Crippen molar-refractivity contribution in [1.29, 1.82) is 0 Å². The summed E-state index contributed by atoms with van der Waals surface area (Å²) in [5.74, 6) is 0.649. The van der Waals surface area contributed by atoms with Crippen molar-refractivity contribution < 1.29 is 0 Å². The van der Waals surface area contributed by atoms with E-state index in [9.17, 15) is 0 Å². The fourth-order valence-corrected chi connectivity index (χ4v) is 1.69. The first-order chi connectivity index (χ1) is 8.69. The Morgan fingerprint density at radius 3 is 2.33 bits per heavy atom. The largest absolute Gasteiger partial charge is 0.348 e. The number of hydrogen-bond acceptors (Lipinski definition) is 4. The van der Waals surface area contributed by atoms with Gasteiger partial charge in [-0.15, -0.1) is 0 Å². The molecule has 0 saturated carbocycles. The molecule has 0 aliphatic rings. The number of rotatable bonds is 4. The maximum atomic E-state index is 5.58. The van der Waals surface area contributed by atoms with Crippen LogP contribution in [0.25, 0.3) is 0 Å². The highest BCUT2D eigenvalue weighted by Crippen LogP contribution is 2.17. The topological polar surface area (TPSA) is 63.8 Å². The Morgan fingerprint density at radius 2 is 1.78 bits per heavy atom. The highest BCUT2D eigenvalue weighted by Gasteiger charge is 2.06. The van der Waals surface area contributed by atoms with Gasteiger partial charge in [-0.2, -0.15) is 0 Å². The Balaban J connectivity index is 2.06. The predicted molar refractivity (Wildman–Crippen MR) is 73.1 cm³/mol. The van der Waals surface area contributed by atoms with Crippen LogP contribution in [-0.2, 0) is 6.54 Å². The zero-order valence-electron chi connectivity index (χ0n) is 10.7. The van der Waals surface area contributed by atoms with Crippen LogP contribution in [-0.4, -0.2) is 9.97 Å². The van der Waals surface area contributed by atoms with Crippen molar-refractivity contribution >= 4 is 5.95 Å². The van der Waals surface area contributed by atoms with E-state index in [2.05, 4.69) is 34.3 Å². The molecule has 0 spiro atoms. The lowest BCUT2D eigenvalue weighted by Gasteiger charge is -2.14. The second kappa shape index (κ2) is 5.60. The van der Waals surface area contributed by atoms with E-state index >= 15 is 0 Å². The number of hydrogen-bond donors (Lipinski definition) is 2. The number of anilines is 1. The highest BCUT2D eigenvalue weighted by atomic mass is 15.1. The normalized spacial score (nSPS) is 12.2. The van der Waals surface area contributed by atoms with Crippen molar-refractivity contribution in [1.82, 2.24) is 9.97 Å². The average molecular weight is 242 g/mol. The van der Waals surface area contributed by atoms with Crippen LogP contribution in [0.15, 0.2) is 36.7 Å². The van der Waals surface area contributed by atoms with Crippen LogP contribution in [0.5, 0.6) is 0 Å². The zero-order valence-corrected chi connectivity index (χ0v) is 10.7. The van der Waals surface area contributed by atoms with E-state index in [0.717, 1.165) is 11.1 Å². The van der Waals surface area contributed by atoms with Crippen molar-refractivity contribution in [2.75, 3.05) is 5.32 Å². The van der Waals surface area contributed by atoms with E-state index < -0.39 is 0 Å². The molecular formula is C14H18N4. The van der Waals surface area contributed by atoms with Crippen LogP contribution in [0, 0.1) is 6.92 Å². The number of nitrogens with two attached hydrogens (primary N) is 1. The summed E-state index contributed by atoms with van der Waals surface area (Å²) >= 11 is 0. The maximum absolute atomic E-state index is 5.58. The number of nitrogens with zero attached hydrogens (tertiary/aromatic N) is 2. The summed E-state index contributed by atoms with van der Waals surface area (Å²) in [6, 6.07) is 8.41. The van der Waals surface area contributed by atoms with Crippen molar-refractivity contribution in [3.63, 3.8) is 0 Å². The summed E-state index contributed by atoms with van der Waals surface area (Å²) in [5, 5.41) is 3.27. The Bertz CT molecular complexity index is 490. The number of aromatic nitrogens is 2. The van der Waals surface area contributed by atoms with E-state index in [-0.39, 0.29) is 6.04 Å². The van der Waals surface area contributed by atoms with Crippen LogP contribution in [0.2, 0.25) is 0 Å². The third-order valence-electron chi connectivity index (χ3n) is 2.84. The predicted octanol–water partition coefficient (Wildman–Crippen LogP) is 2.42. The average Bonchev–Trinajstić information content (AvgIpc) is 2.41. The monoisotopic (exact) mass is 242 g/mol. The minimum atomic E-state index is 0.166. The van der Waals surface area contributed by atoms with Gasteiger partial charge in [0.05, 0.1) is 6.04 Å². The molecule has 3 N–H and O–H groups in total. The summed E-state index contributed by atoms with van der Waals surface area (Å²) in [7, 11) is 0. The lowest BCUT2D eigenvalue weighted by atomic mass is 10.1. The van der Waals surface area contributed by atoms with Crippen LogP contribution < -0.4 is 11.1 Å². The van der Waals surface area contributed by atoms with Gasteiger partial charge in [0.25, 0.3) is 0 Å². The van der Waals surface area contributed by atoms with Gasteiger partial charge < -0.3 is 11.1 Å². The molecule has 0 amide bonds. The van der Waals surface area contributed by atoms with Gasteiger partial charge in [-0.3, -0.25) is 0 Å². The zero-order chi connectivity index (χ0) is 13.0. The summed E-state index contributed by atoms with van der Waals surface area (Å²) in [5.41, 5.74) is 8.96. The van der Waals surface area contributed by atoms with E-state index in [1.54, 1.807) is 12.4 Å². The van der Waals surface area contributed by atoms with E-state index in [0.29, 0.717) is 12.5 Å². The lowest BCUT2D eigenvalue weighted by molar-refractivity contribution is 0.857. The van der Waals surface area contributed by atoms with Gasteiger partial charge >= 0.3 is 0 Å². The Morgan fingerprint density at radius 1 is 1.17 bits per heavy atom. The van der Waals surface area contributed by atoms with Gasteiger partial charge in [0.1, 0.15) is 0 Å². The number of aryl methyl sites for hydroxylation is 1. The first-order valence-electron chi connectivity index (χ1n) is 6.03. The van der Waals surface area contributed by atoms with Crippen LogP contribution in [0.1, 0.15) is 29.7 Å². The van der Waals surface area contributed by atoms with Gasteiger partial charge in [0.2, 0.25) is 5.95 Å². The number of nitrogens with one attached hydrogen (secondary N) is 1. The van der Waals surface area contributed by atoms with E-state index in [1.165, 1.54) is 5.56 Å². The highest BCUT2D eigenvalue weighted by molar-refractivity contribution is 5.32. The molecule has 18 heavy (non-hydrogen) atoms. The van der Waals surface area contributed by atoms with Crippen molar-refractivity contribution in [2.45, 2.75) is 26.4 Å². The lowest BCUT2D eigenvalue weighted by Crippen LogP contribution is -2.09. The molecule has 0 bridgehead atoms. The third kappa shape index (κ3) is 3.05. The Hall–Kier alpha value is -1.94. The van der Waals surface area contributed by atoms with Crippen LogP contribution >= 0.6 is 0 Å². The Labute approximate surface area is 107 Å². The molecule has 4 nitrogen and oxygen atoms in total. The Kier molecular flexibility index (Phi) is 3.89. The second-order valence-electron chi connectivity index (χ2n) is 4.40. The smallest absolute Gasteiger partial charge is 0.223 e. The fourth-order valence-electron chi connectivity index (χ4n) is 1.69. The number of benzene rings is 1. The van der Waals surface area contributed by atoms with Crippen molar-refractivity contribution in [3.05, 3.63) is 53.3 Å². The summed E-state index contributed by atoms with van der Waals surface area (Å²) < 4.78 is 0. The first-order valence-corrected chi connectivity index (χ1v) is 6.03. The third-order valence-corrected chi connectivity index (χ3v) is 2.84. The van der Waals surface area contributed by atoms with Gasteiger partial charge in [0.15, 0.2) is 0 Å². The fraction of sp³-hybridized carbons (Fsp3) is 0.286. The van der Waals surface area contributed by atoms with Gasteiger partial charge in [0, 0.05) is 18.9 Å². The van der Waals surface area contributed by atoms with Crippen molar-refractivity contribution in [3.8, 4) is 0 Å². The molecular weight excluding hydrogens is 224 g/mol. The van der Waals surface area contributed by atoms with Crippen LogP contribution in [0.3, 0.4) is 0 Å². The van der Waals surface area contributed by atoms with Crippen LogP contribution in [0.4, 0.5) is 5.95 Å². The molecule has 0 fully saturated rings. The molecule has 2 aromatic rings. The minimum absolute atomic E-state index is 0.166. The van der Waals surface area contributed by atoms with E-state index in [1.807, 2.05) is 19.1 Å². The molecule has 0 aliphatic heterocycles. The summed E-state index contributed by atoms with van der Waals surface area (Å²) in [6.45, 7) is 4.63. The molecule has 1 aromatic heterocycles. The molecule has 0 radical (unpaired) electrons. The molecule has 1 heterocycles. The second-order valence-corrected chi connectivity index (χ2v) is 4.40. The molecule has 2 rings (SSSR count). The van der Waals surface area contributed by atoms with Crippen molar-refractivity contribution in [2.24, 2.45) is 5.73 Å². The molecule has 1 aromatic carbocycles. The summed E-state index contributed by atoms with van der Waals surface area (Å²) in [4.78, 5) is 8.47. The molecule has 1 atom stereocenters. The SMILES string of the molecule is Cc1cnc(NC(C)c2ccc(CN)cc2)nc1. The standard InChI is InChI=1S/C14H18N4/c1-10-8-16-14(17-9-10)18-11(2)13-5-3-12(7-15)4-6-13/h3-6,8-9,11H,7,15H2,1-2H3,(H,16,17,18). The molecule has 0 aliphatic carbocycles. The van der Waals surface area contributed by atoms with E-state index in [4.69, 9.17) is 5.73 Å². The molecule has 1 unspecified atom stereocenters. The summed E-state index contributed by atoms with van der Waals surface area (Å²) in [6.07, 6.45) is 3.61. The maximum Gasteiger partial charge on any atom is 0.223 e.